The Labute approximate surface area is 103 Å². The molecule has 1 aromatic carbocycles. The highest BCUT2D eigenvalue weighted by Crippen LogP contribution is 2.13. The summed E-state index contributed by atoms with van der Waals surface area (Å²) < 4.78 is 5.57. The summed E-state index contributed by atoms with van der Waals surface area (Å²) in [6.45, 7) is 2.85. The number of hydrogen-bond donors (Lipinski definition) is 1. The molecule has 0 unspecified atom stereocenters. The summed E-state index contributed by atoms with van der Waals surface area (Å²) in [4.78, 5) is 0.557. The summed E-state index contributed by atoms with van der Waals surface area (Å²) in [5, 5.41) is 0. The van der Waals surface area contributed by atoms with Gasteiger partial charge in [0.05, 0.1) is 11.6 Å². The summed E-state index contributed by atoms with van der Waals surface area (Å²) in [6, 6.07) is 8.27. The number of ether oxygens (including phenoxy) is 1. The molecule has 0 heterocycles. The maximum atomic E-state index is 5.57. The average molecular weight is 237 g/mol. The van der Waals surface area contributed by atoms with Crippen LogP contribution in [0, 0.1) is 0 Å². The largest absolute Gasteiger partial charge is 0.494 e. The fraction of sp³-hybridized carbons (Fsp3) is 0.462. The van der Waals surface area contributed by atoms with Crippen molar-refractivity contribution in [2.75, 3.05) is 6.61 Å². The molecular weight excluding hydrogens is 218 g/mol. The fourth-order valence-corrected chi connectivity index (χ4v) is 1.62. The minimum atomic E-state index is 0.557. The molecule has 0 spiro atoms. The van der Waals surface area contributed by atoms with Crippen LogP contribution in [0.15, 0.2) is 24.3 Å². The Kier molecular flexibility index (Phi) is 5.86. The lowest BCUT2D eigenvalue weighted by Gasteiger charge is -2.06. The van der Waals surface area contributed by atoms with Gasteiger partial charge in [-0.1, -0.05) is 37.7 Å². The summed E-state index contributed by atoms with van der Waals surface area (Å²) in [5.74, 6) is 0.919. The van der Waals surface area contributed by atoms with Crippen LogP contribution in [0.5, 0.6) is 5.75 Å². The smallest absolute Gasteiger partial charge is 0.119 e. The quantitative estimate of drug-likeness (QED) is 0.584. The van der Waals surface area contributed by atoms with E-state index >= 15 is 0 Å². The van der Waals surface area contributed by atoms with Gasteiger partial charge >= 0.3 is 0 Å². The zero-order valence-electron chi connectivity index (χ0n) is 9.74. The number of nitrogens with two attached hydrogens (primary N) is 1. The van der Waals surface area contributed by atoms with Crippen LogP contribution in [0.3, 0.4) is 0 Å². The van der Waals surface area contributed by atoms with Gasteiger partial charge in [0.1, 0.15) is 5.75 Å². The normalized spacial score (nSPS) is 10.1. The van der Waals surface area contributed by atoms with Crippen molar-refractivity contribution in [3.63, 3.8) is 0 Å². The molecule has 16 heavy (non-hydrogen) atoms. The Morgan fingerprint density at radius 2 is 2.00 bits per heavy atom. The van der Waals surface area contributed by atoms with E-state index in [0.29, 0.717) is 11.6 Å². The van der Waals surface area contributed by atoms with Crippen LogP contribution in [0.25, 0.3) is 0 Å². The first-order valence-corrected chi connectivity index (χ1v) is 6.13. The van der Waals surface area contributed by atoms with Gasteiger partial charge in [-0.25, -0.2) is 0 Å². The molecule has 1 aromatic rings. The van der Waals surface area contributed by atoms with Crippen molar-refractivity contribution < 1.29 is 4.74 Å². The monoisotopic (exact) mass is 237 g/mol. The summed E-state index contributed by atoms with van der Waals surface area (Å²) in [6.07, 6.45) is 3.94. The fourth-order valence-electron chi connectivity index (χ4n) is 1.48. The second kappa shape index (κ2) is 7.23. The van der Waals surface area contributed by atoms with Gasteiger partial charge in [0.2, 0.25) is 0 Å². The predicted octanol–water partition coefficient (Wildman–Crippen LogP) is 3.08. The van der Waals surface area contributed by atoms with Gasteiger partial charge in [0, 0.05) is 6.42 Å². The van der Waals surface area contributed by atoms with Crippen LogP contribution in [-0.2, 0) is 6.42 Å². The molecular formula is C13H19NOS. The molecule has 3 heteroatoms. The summed E-state index contributed by atoms with van der Waals surface area (Å²) >= 11 is 4.79. The molecule has 1 rings (SSSR count). The topological polar surface area (TPSA) is 35.2 Å². The minimum Gasteiger partial charge on any atom is -0.494 e. The van der Waals surface area contributed by atoms with Gasteiger partial charge in [-0.05, 0) is 30.5 Å². The number of rotatable bonds is 7. The van der Waals surface area contributed by atoms with Crippen molar-refractivity contribution in [2.45, 2.75) is 32.6 Å². The van der Waals surface area contributed by atoms with Gasteiger partial charge in [-0.15, -0.1) is 0 Å². The van der Waals surface area contributed by atoms with E-state index in [4.69, 9.17) is 22.7 Å². The number of hydrogen-bond acceptors (Lipinski definition) is 2. The Morgan fingerprint density at radius 3 is 2.56 bits per heavy atom. The minimum absolute atomic E-state index is 0.557. The molecule has 0 fully saturated rings. The molecule has 0 saturated carbocycles. The van der Waals surface area contributed by atoms with E-state index in [9.17, 15) is 0 Å². The third-order valence-corrected chi connectivity index (χ3v) is 2.50. The Bertz CT molecular complexity index is 321. The van der Waals surface area contributed by atoms with Crippen LogP contribution in [0.1, 0.15) is 31.7 Å². The van der Waals surface area contributed by atoms with Crippen LogP contribution in [0.2, 0.25) is 0 Å². The Balaban J connectivity index is 2.29. The summed E-state index contributed by atoms with van der Waals surface area (Å²) in [5.41, 5.74) is 6.76. The molecule has 0 atom stereocenters. The second-order valence-electron chi connectivity index (χ2n) is 3.81. The predicted molar refractivity (Wildman–Crippen MR) is 72.0 cm³/mol. The maximum Gasteiger partial charge on any atom is 0.119 e. The van der Waals surface area contributed by atoms with Gasteiger partial charge in [0.15, 0.2) is 0 Å². The van der Waals surface area contributed by atoms with Crippen LogP contribution in [0.4, 0.5) is 0 Å². The first-order valence-electron chi connectivity index (χ1n) is 5.72. The molecule has 0 aliphatic heterocycles. The second-order valence-corrected chi connectivity index (χ2v) is 4.34. The zero-order valence-corrected chi connectivity index (χ0v) is 10.6. The number of benzene rings is 1. The summed E-state index contributed by atoms with van der Waals surface area (Å²) in [7, 11) is 0. The lowest BCUT2D eigenvalue weighted by atomic mass is 10.1. The van der Waals surface area contributed by atoms with Crippen LogP contribution >= 0.6 is 12.2 Å². The molecule has 2 N–H and O–H groups in total. The molecule has 0 amide bonds. The molecule has 88 valence electrons. The standard InChI is InChI=1S/C13H19NOS/c1-2-4-11-6-8-12(9-7-11)15-10-3-5-13(14)16/h6-9H,2-5,10H2,1H3,(H2,14,16). The average Bonchev–Trinajstić information content (AvgIpc) is 2.27. The number of aryl methyl sites for hydroxylation is 1. The zero-order chi connectivity index (χ0) is 11.8. The lowest BCUT2D eigenvalue weighted by molar-refractivity contribution is 0.313. The van der Waals surface area contributed by atoms with Gasteiger partial charge in [-0.3, -0.25) is 0 Å². The number of thiocarbonyl (C=S) groups is 1. The third kappa shape index (κ3) is 5.12. The highest BCUT2D eigenvalue weighted by molar-refractivity contribution is 7.80. The maximum absolute atomic E-state index is 5.57. The van der Waals surface area contributed by atoms with Crippen LogP contribution in [-0.4, -0.2) is 11.6 Å². The molecule has 0 aliphatic rings. The Morgan fingerprint density at radius 1 is 1.31 bits per heavy atom. The SMILES string of the molecule is CCCc1ccc(OCCCC(N)=S)cc1. The van der Waals surface area contributed by atoms with Gasteiger partial charge in [0.25, 0.3) is 0 Å². The van der Waals surface area contributed by atoms with Crippen molar-refractivity contribution in [1.82, 2.24) is 0 Å². The van der Waals surface area contributed by atoms with Gasteiger partial charge in [-0.2, -0.15) is 0 Å². The van der Waals surface area contributed by atoms with E-state index in [1.165, 1.54) is 12.0 Å². The van der Waals surface area contributed by atoms with E-state index in [2.05, 4.69) is 19.1 Å². The van der Waals surface area contributed by atoms with E-state index < -0.39 is 0 Å². The van der Waals surface area contributed by atoms with E-state index in [1.54, 1.807) is 0 Å². The van der Waals surface area contributed by atoms with E-state index in [-0.39, 0.29) is 0 Å². The van der Waals surface area contributed by atoms with Crippen molar-refractivity contribution in [2.24, 2.45) is 5.73 Å². The van der Waals surface area contributed by atoms with E-state index in [1.807, 2.05) is 12.1 Å². The Hall–Kier alpha value is -1.09. The highest BCUT2D eigenvalue weighted by Gasteiger charge is 1.96. The molecule has 0 radical (unpaired) electrons. The van der Waals surface area contributed by atoms with Crippen molar-refractivity contribution >= 4 is 17.2 Å². The lowest BCUT2D eigenvalue weighted by Crippen LogP contribution is -2.09. The van der Waals surface area contributed by atoms with Gasteiger partial charge < -0.3 is 10.5 Å². The molecule has 0 bridgehead atoms. The molecule has 0 aromatic heterocycles. The van der Waals surface area contributed by atoms with Crippen molar-refractivity contribution in [1.29, 1.82) is 0 Å². The van der Waals surface area contributed by atoms with E-state index in [0.717, 1.165) is 25.0 Å². The van der Waals surface area contributed by atoms with Crippen molar-refractivity contribution in [3.05, 3.63) is 29.8 Å². The highest BCUT2D eigenvalue weighted by atomic mass is 32.1. The first-order chi connectivity index (χ1) is 7.72. The van der Waals surface area contributed by atoms with Crippen LogP contribution < -0.4 is 10.5 Å². The first kappa shape index (κ1) is 13.0. The molecule has 2 nitrogen and oxygen atoms in total. The molecule has 0 saturated heterocycles. The third-order valence-electron chi connectivity index (χ3n) is 2.30. The van der Waals surface area contributed by atoms with Crippen molar-refractivity contribution in [3.8, 4) is 5.75 Å². The molecule has 0 aliphatic carbocycles.